The number of nitrogens with zero attached hydrogens (tertiary/aromatic N) is 3. The third kappa shape index (κ3) is 4.09. The third-order valence-corrected chi connectivity index (χ3v) is 6.12. The lowest BCUT2D eigenvalue weighted by Gasteiger charge is -2.34. The summed E-state index contributed by atoms with van der Waals surface area (Å²) in [6.45, 7) is 5.85. The van der Waals surface area contributed by atoms with Crippen molar-refractivity contribution in [2.45, 2.75) is 6.92 Å². The van der Waals surface area contributed by atoms with E-state index in [-0.39, 0.29) is 5.91 Å². The molecule has 2 aromatic carbocycles. The number of carbonyl (C=O) groups excluding carboxylic acids is 1. The first-order valence-corrected chi connectivity index (χ1v) is 11.0. The molecule has 162 valence electrons. The molecule has 5 rings (SSSR count). The fraction of sp³-hybridized carbons (Fsp3) is 0.231. The zero-order valence-corrected chi connectivity index (χ0v) is 18.4. The molecule has 0 aliphatic carbocycles. The molecule has 2 N–H and O–H groups in total. The molecule has 3 heterocycles. The van der Waals surface area contributed by atoms with Crippen LogP contribution in [0.1, 0.15) is 6.92 Å². The summed E-state index contributed by atoms with van der Waals surface area (Å²) in [5, 5.41) is 3.89. The van der Waals surface area contributed by atoms with Gasteiger partial charge in [0.1, 0.15) is 5.65 Å². The molecular weight excluding hydrogens is 398 g/mol. The van der Waals surface area contributed by atoms with Gasteiger partial charge in [0.2, 0.25) is 5.91 Å². The Morgan fingerprint density at radius 2 is 1.62 bits per heavy atom. The van der Waals surface area contributed by atoms with E-state index in [2.05, 4.69) is 62.5 Å². The number of carbonyl (C=O) groups is 1. The number of H-pyrrole nitrogens is 1. The van der Waals surface area contributed by atoms with E-state index >= 15 is 0 Å². The fourth-order valence-electron chi connectivity index (χ4n) is 4.27. The molecule has 0 unspecified atom stereocenters. The van der Waals surface area contributed by atoms with Crippen LogP contribution in [0.25, 0.3) is 33.3 Å². The van der Waals surface area contributed by atoms with Crippen molar-refractivity contribution in [3.63, 3.8) is 0 Å². The molecule has 0 radical (unpaired) electrons. The fourth-order valence-corrected chi connectivity index (χ4v) is 4.27. The predicted molar refractivity (Wildman–Crippen MR) is 131 cm³/mol. The lowest BCUT2D eigenvalue weighted by atomic mass is 10.0. The third-order valence-electron chi connectivity index (χ3n) is 6.12. The number of nitrogens with one attached hydrogen (secondary N) is 2. The minimum absolute atomic E-state index is 0.0719. The first-order chi connectivity index (χ1) is 15.6. The molecule has 4 aromatic rings. The average molecular weight is 426 g/mol. The van der Waals surface area contributed by atoms with Gasteiger partial charge in [0.25, 0.3) is 0 Å². The number of pyridine rings is 1. The second-order valence-electron chi connectivity index (χ2n) is 8.42. The zero-order valence-electron chi connectivity index (χ0n) is 18.4. The summed E-state index contributed by atoms with van der Waals surface area (Å²) in [7, 11) is 2.18. The monoisotopic (exact) mass is 425 g/mol. The molecule has 1 amide bonds. The Balaban J connectivity index is 1.42. The van der Waals surface area contributed by atoms with Crippen LogP contribution in [0.3, 0.4) is 0 Å². The van der Waals surface area contributed by atoms with Crippen molar-refractivity contribution in [3.8, 4) is 22.3 Å². The lowest BCUT2D eigenvalue weighted by molar-refractivity contribution is -0.114. The molecule has 0 saturated carbocycles. The largest absolute Gasteiger partial charge is 0.369 e. The molecule has 6 nitrogen and oxygen atoms in total. The summed E-state index contributed by atoms with van der Waals surface area (Å²) in [5.41, 5.74) is 7.36. The number of aromatic nitrogens is 2. The standard InChI is InChI=1S/C26H27N5O/c1-18(32)29-22-7-3-20(4-8-22)25-17-28-26-24(25)15-21(16-27-26)19-5-9-23(10-6-19)31-13-11-30(2)12-14-31/h3-10,15-17H,11-14H2,1-2H3,(H,27,28)(H,29,32). The molecule has 32 heavy (non-hydrogen) atoms. The van der Waals surface area contributed by atoms with Crippen LogP contribution in [0.5, 0.6) is 0 Å². The Kier molecular flexibility index (Phi) is 5.37. The van der Waals surface area contributed by atoms with Gasteiger partial charge in [-0.2, -0.15) is 0 Å². The van der Waals surface area contributed by atoms with Crippen LogP contribution >= 0.6 is 0 Å². The summed E-state index contributed by atoms with van der Waals surface area (Å²) < 4.78 is 0. The van der Waals surface area contributed by atoms with Crippen LogP contribution in [0.4, 0.5) is 11.4 Å². The van der Waals surface area contributed by atoms with E-state index in [0.717, 1.165) is 65.2 Å². The van der Waals surface area contributed by atoms with E-state index in [1.165, 1.54) is 12.6 Å². The van der Waals surface area contributed by atoms with Gasteiger partial charge in [0.05, 0.1) is 0 Å². The number of piperazine rings is 1. The highest BCUT2D eigenvalue weighted by atomic mass is 16.1. The SMILES string of the molecule is CC(=O)Nc1ccc(-c2c[nH]c3ncc(-c4ccc(N5CCN(C)CC5)cc4)cc23)cc1. The van der Waals surface area contributed by atoms with E-state index in [1.54, 1.807) is 0 Å². The first kappa shape index (κ1) is 20.3. The van der Waals surface area contributed by atoms with Crippen molar-refractivity contribution >= 4 is 28.3 Å². The molecule has 1 aliphatic rings. The number of aromatic amines is 1. The van der Waals surface area contributed by atoms with Crippen molar-refractivity contribution < 1.29 is 4.79 Å². The second-order valence-corrected chi connectivity index (χ2v) is 8.42. The predicted octanol–water partition coefficient (Wildman–Crippen LogP) is 4.61. The molecule has 0 spiro atoms. The van der Waals surface area contributed by atoms with Gasteiger partial charge in [-0.15, -0.1) is 0 Å². The highest BCUT2D eigenvalue weighted by Gasteiger charge is 2.14. The van der Waals surface area contributed by atoms with Crippen LogP contribution < -0.4 is 10.2 Å². The normalized spacial score (nSPS) is 14.6. The quantitative estimate of drug-likeness (QED) is 0.501. The summed E-state index contributed by atoms with van der Waals surface area (Å²) >= 11 is 0. The van der Waals surface area contributed by atoms with Crippen LogP contribution in [0, 0.1) is 0 Å². The number of benzene rings is 2. The van der Waals surface area contributed by atoms with E-state index < -0.39 is 0 Å². The number of hydrogen-bond acceptors (Lipinski definition) is 4. The van der Waals surface area contributed by atoms with Gasteiger partial charge in [0.15, 0.2) is 0 Å². The Morgan fingerprint density at radius 3 is 2.31 bits per heavy atom. The van der Waals surface area contributed by atoms with Crippen LogP contribution in [-0.2, 0) is 4.79 Å². The van der Waals surface area contributed by atoms with Gasteiger partial charge in [-0.1, -0.05) is 24.3 Å². The van der Waals surface area contributed by atoms with Gasteiger partial charge < -0.3 is 20.1 Å². The number of amides is 1. The zero-order chi connectivity index (χ0) is 22.1. The minimum atomic E-state index is -0.0719. The Morgan fingerprint density at radius 1 is 0.938 bits per heavy atom. The van der Waals surface area contributed by atoms with Crippen molar-refractivity contribution in [1.29, 1.82) is 0 Å². The summed E-state index contributed by atoms with van der Waals surface area (Å²) in [4.78, 5) is 24.0. The Hall–Kier alpha value is -3.64. The molecule has 1 fully saturated rings. The smallest absolute Gasteiger partial charge is 0.221 e. The molecule has 1 aliphatic heterocycles. The number of fused-ring (bicyclic) bond motifs is 1. The van der Waals surface area contributed by atoms with Crippen molar-refractivity contribution in [3.05, 3.63) is 67.0 Å². The van der Waals surface area contributed by atoms with Gasteiger partial charge in [-0.05, 0) is 48.5 Å². The first-order valence-electron chi connectivity index (χ1n) is 11.0. The second kappa shape index (κ2) is 8.48. The average Bonchev–Trinajstić information content (AvgIpc) is 3.23. The van der Waals surface area contributed by atoms with Crippen LogP contribution in [0.2, 0.25) is 0 Å². The number of hydrogen-bond donors (Lipinski definition) is 2. The van der Waals surface area contributed by atoms with Crippen molar-refractivity contribution in [2.75, 3.05) is 43.4 Å². The maximum absolute atomic E-state index is 11.3. The van der Waals surface area contributed by atoms with Crippen LogP contribution in [0.15, 0.2) is 67.0 Å². The van der Waals surface area contributed by atoms with Gasteiger partial charge in [-0.3, -0.25) is 4.79 Å². The minimum Gasteiger partial charge on any atom is -0.369 e. The topological polar surface area (TPSA) is 64.3 Å². The molecular formula is C26H27N5O. The Bertz CT molecular complexity index is 1240. The highest BCUT2D eigenvalue weighted by Crippen LogP contribution is 2.32. The van der Waals surface area contributed by atoms with E-state index in [0.29, 0.717) is 0 Å². The maximum Gasteiger partial charge on any atom is 0.221 e. The molecule has 1 saturated heterocycles. The maximum atomic E-state index is 11.3. The van der Waals surface area contributed by atoms with E-state index in [1.807, 2.05) is 36.7 Å². The summed E-state index contributed by atoms with van der Waals surface area (Å²) in [6, 6.07) is 18.9. The van der Waals surface area contributed by atoms with Crippen LogP contribution in [-0.4, -0.2) is 54.0 Å². The van der Waals surface area contributed by atoms with Crippen molar-refractivity contribution in [2.24, 2.45) is 0 Å². The highest BCUT2D eigenvalue weighted by molar-refractivity contribution is 5.96. The van der Waals surface area contributed by atoms with E-state index in [4.69, 9.17) is 0 Å². The summed E-state index contributed by atoms with van der Waals surface area (Å²) in [6.07, 6.45) is 3.92. The summed E-state index contributed by atoms with van der Waals surface area (Å²) in [5.74, 6) is -0.0719. The van der Waals surface area contributed by atoms with Gasteiger partial charge in [-0.25, -0.2) is 4.98 Å². The molecule has 6 heteroatoms. The van der Waals surface area contributed by atoms with Gasteiger partial charge >= 0.3 is 0 Å². The molecule has 2 aromatic heterocycles. The van der Waals surface area contributed by atoms with Crippen molar-refractivity contribution in [1.82, 2.24) is 14.9 Å². The number of rotatable bonds is 4. The molecule has 0 atom stereocenters. The Labute approximate surface area is 187 Å². The number of anilines is 2. The van der Waals surface area contributed by atoms with Gasteiger partial charge in [0, 0.05) is 73.4 Å². The molecule has 0 bridgehead atoms. The lowest BCUT2D eigenvalue weighted by Crippen LogP contribution is -2.44. The van der Waals surface area contributed by atoms with E-state index in [9.17, 15) is 4.79 Å². The number of likely N-dealkylation sites (N-methyl/N-ethyl adjacent to an activating group) is 1.